The second-order valence-corrected chi connectivity index (χ2v) is 21.9. The molecule has 0 bridgehead atoms. The predicted molar refractivity (Wildman–Crippen MR) is 325 cm³/mol. The molecule has 3 atom stereocenters. The average Bonchev–Trinajstić information content (AvgIpc) is 3.43. The van der Waals surface area contributed by atoms with Crippen molar-refractivity contribution in [2.45, 2.75) is 277 Å². The quantitative estimate of drug-likeness (QED) is 0.0197. The summed E-state index contributed by atoms with van der Waals surface area (Å²) in [7, 11) is -4.77. The summed E-state index contributed by atoms with van der Waals surface area (Å²) in [6.45, 7) is 4.46. The second-order valence-electron chi connectivity index (χ2n) is 20.5. The molecule has 0 fully saturated rings. The molecule has 0 rings (SSSR count). The van der Waals surface area contributed by atoms with E-state index in [1.165, 1.54) is 51.4 Å². The highest BCUT2D eigenvalue weighted by atomic mass is 31.2. The van der Waals surface area contributed by atoms with E-state index in [0.717, 1.165) is 154 Å². The number of carbonyl (C=O) groups excluding carboxylic acids is 3. The molecular formula is C66H113O11P. The lowest BCUT2D eigenvalue weighted by molar-refractivity contribution is -0.161. The van der Waals surface area contributed by atoms with Crippen LogP contribution in [0.15, 0.2) is 97.2 Å². The van der Waals surface area contributed by atoms with Crippen molar-refractivity contribution in [3.63, 3.8) is 0 Å². The van der Waals surface area contributed by atoms with Crippen LogP contribution < -0.4 is 0 Å². The number of allylic oxidation sites excluding steroid dienone is 16. The van der Waals surface area contributed by atoms with Crippen molar-refractivity contribution in [3.05, 3.63) is 97.2 Å². The Bertz CT molecular complexity index is 1680. The molecule has 0 saturated carbocycles. The van der Waals surface area contributed by atoms with E-state index in [1.807, 2.05) is 0 Å². The SMILES string of the molecule is CC/C=C\C/C=C\C/C=C\CCCCCCCCCC(=O)OC(COC(=O)CCCCCCCC/C=C\C/C=C\C/C=C\CCCCC)COP(=O)(O)OCC(CO)OC(=O)CCCCCCC/C=C\C/C=C\CCCCC. The largest absolute Gasteiger partial charge is 0.472 e. The Hall–Kier alpha value is -3.60. The summed E-state index contributed by atoms with van der Waals surface area (Å²) in [5.41, 5.74) is 0. The van der Waals surface area contributed by atoms with Gasteiger partial charge in [-0.25, -0.2) is 4.57 Å². The number of unbranched alkanes of at least 4 members (excludes halogenated alkanes) is 24. The molecule has 0 aromatic rings. The molecule has 0 aromatic heterocycles. The maximum Gasteiger partial charge on any atom is 0.472 e. The van der Waals surface area contributed by atoms with E-state index in [2.05, 4.69) is 118 Å². The summed E-state index contributed by atoms with van der Waals surface area (Å²) in [6, 6.07) is 0. The highest BCUT2D eigenvalue weighted by Gasteiger charge is 2.28. The number of hydrogen-bond donors (Lipinski definition) is 2. The number of carbonyl (C=O) groups is 3. The topological polar surface area (TPSA) is 155 Å². The minimum atomic E-state index is -4.77. The Morgan fingerprint density at radius 3 is 1.03 bits per heavy atom. The van der Waals surface area contributed by atoms with E-state index >= 15 is 0 Å². The molecule has 78 heavy (non-hydrogen) atoms. The molecule has 0 aliphatic rings. The zero-order valence-corrected chi connectivity index (χ0v) is 50.5. The van der Waals surface area contributed by atoms with E-state index in [4.69, 9.17) is 23.3 Å². The van der Waals surface area contributed by atoms with Gasteiger partial charge in [-0.1, -0.05) is 221 Å². The molecule has 0 radical (unpaired) electrons. The van der Waals surface area contributed by atoms with Crippen molar-refractivity contribution >= 4 is 25.7 Å². The van der Waals surface area contributed by atoms with Gasteiger partial charge in [0.2, 0.25) is 0 Å². The second kappa shape index (κ2) is 59.5. The lowest BCUT2D eigenvalue weighted by Gasteiger charge is -2.21. The first kappa shape index (κ1) is 74.4. The summed E-state index contributed by atoms with van der Waals surface area (Å²) in [5.74, 6) is -1.50. The monoisotopic (exact) mass is 1110 g/mol. The molecule has 0 amide bonds. The van der Waals surface area contributed by atoms with Crippen LogP contribution in [-0.4, -0.2) is 66.5 Å². The van der Waals surface area contributed by atoms with Crippen molar-refractivity contribution in [2.75, 3.05) is 26.4 Å². The van der Waals surface area contributed by atoms with Crippen LogP contribution in [0, 0.1) is 0 Å². The van der Waals surface area contributed by atoms with Crippen LogP contribution in [0.1, 0.15) is 265 Å². The number of aliphatic hydroxyl groups is 1. The Kier molecular flexibility index (Phi) is 56.8. The fourth-order valence-electron chi connectivity index (χ4n) is 8.23. The number of phosphoric ester groups is 1. The van der Waals surface area contributed by atoms with Crippen LogP contribution in [0.2, 0.25) is 0 Å². The first-order chi connectivity index (χ1) is 38.2. The number of phosphoric acid groups is 1. The molecular weight excluding hydrogens is 1000 g/mol. The lowest BCUT2D eigenvalue weighted by Crippen LogP contribution is -2.30. The molecule has 0 aromatic carbocycles. The Balaban J connectivity index is 4.77. The first-order valence-corrected chi connectivity index (χ1v) is 32.6. The molecule has 0 heterocycles. The number of rotatable bonds is 57. The van der Waals surface area contributed by atoms with E-state index in [0.29, 0.717) is 19.3 Å². The molecule has 3 unspecified atom stereocenters. The van der Waals surface area contributed by atoms with E-state index < -0.39 is 57.8 Å². The number of hydrogen-bond acceptors (Lipinski definition) is 10. The van der Waals surface area contributed by atoms with E-state index in [9.17, 15) is 28.9 Å². The van der Waals surface area contributed by atoms with Crippen LogP contribution in [0.3, 0.4) is 0 Å². The molecule has 2 N–H and O–H groups in total. The lowest BCUT2D eigenvalue weighted by atomic mass is 10.1. The third-order valence-corrected chi connectivity index (χ3v) is 13.9. The van der Waals surface area contributed by atoms with Gasteiger partial charge in [0.1, 0.15) is 12.7 Å². The maximum absolute atomic E-state index is 12.9. The van der Waals surface area contributed by atoms with Crippen molar-refractivity contribution in [1.82, 2.24) is 0 Å². The van der Waals surface area contributed by atoms with Gasteiger partial charge in [0.25, 0.3) is 0 Å². The maximum atomic E-state index is 12.9. The highest BCUT2D eigenvalue weighted by molar-refractivity contribution is 7.47. The molecule has 0 aliphatic carbocycles. The fraction of sp³-hybridized carbons (Fsp3) is 0.712. The van der Waals surface area contributed by atoms with Gasteiger partial charge in [0.15, 0.2) is 6.10 Å². The Morgan fingerprint density at radius 1 is 0.372 bits per heavy atom. The van der Waals surface area contributed by atoms with E-state index in [1.54, 1.807) is 0 Å². The number of aliphatic hydroxyl groups excluding tert-OH is 1. The standard InChI is InChI=1S/C66H113O11P/c1-4-7-10-13-16-19-22-25-28-30-31-33-35-37-40-43-46-49-52-55-64(68)73-59-63(77-66(70)57-54-51-48-45-42-39-36-32-29-26-23-20-17-14-11-8-5-2)61-75-78(71,72)74-60-62(58-67)76-65(69)56-53-50-47-44-41-38-34-27-24-21-18-15-12-9-6-3/h8,11,16-21,25-29,31,33-34,62-63,67H,4-7,9-10,12-15,22-24,30,32,35-61H2,1-3H3,(H,71,72)/b11-8-,19-16-,20-17-,21-18-,28-25-,29-26-,33-31-,34-27-. The Labute approximate surface area is 476 Å². The predicted octanol–water partition coefficient (Wildman–Crippen LogP) is 18.8. The zero-order chi connectivity index (χ0) is 56.9. The van der Waals surface area contributed by atoms with Gasteiger partial charge in [-0.2, -0.15) is 0 Å². The van der Waals surface area contributed by atoms with Crippen molar-refractivity contribution < 1.29 is 52.2 Å². The summed E-state index contributed by atoms with van der Waals surface area (Å²) < 4.78 is 39.6. The van der Waals surface area contributed by atoms with Gasteiger partial charge in [0.05, 0.1) is 19.8 Å². The fourth-order valence-corrected chi connectivity index (χ4v) is 9.01. The molecule has 448 valence electrons. The molecule has 11 nitrogen and oxygen atoms in total. The number of esters is 3. The van der Waals surface area contributed by atoms with Gasteiger partial charge in [0, 0.05) is 19.3 Å². The third-order valence-electron chi connectivity index (χ3n) is 13.0. The minimum absolute atomic E-state index is 0.148. The van der Waals surface area contributed by atoms with Crippen LogP contribution in [0.4, 0.5) is 0 Å². The summed E-state index contributed by atoms with van der Waals surface area (Å²) in [5, 5.41) is 9.84. The van der Waals surface area contributed by atoms with Crippen molar-refractivity contribution in [1.29, 1.82) is 0 Å². The minimum Gasteiger partial charge on any atom is -0.462 e. The molecule has 0 saturated heterocycles. The molecule has 12 heteroatoms. The molecule has 0 spiro atoms. The van der Waals surface area contributed by atoms with Gasteiger partial charge < -0.3 is 24.2 Å². The van der Waals surface area contributed by atoms with Gasteiger partial charge >= 0.3 is 25.7 Å². The van der Waals surface area contributed by atoms with Crippen LogP contribution >= 0.6 is 7.82 Å². The van der Waals surface area contributed by atoms with Crippen LogP contribution in [0.25, 0.3) is 0 Å². The molecule has 0 aliphatic heterocycles. The highest BCUT2D eigenvalue weighted by Crippen LogP contribution is 2.43. The smallest absolute Gasteiger partial charge is 0.462 e. The average molecular weight is 1110 g/mol. The summed E-state index contributed by atoms with van der Waals surface area (Å²) in [4.78, 5) is 48.7. The third kappa shape index (κ3) is 57.1. The van der Waals surface area contributed by atoms with Crippen LogP contribution in [-0.2, 0) is 42.2 Å². The van der Waals surface area contributed by atoms with Crippen molar-refractivity contribution in [2.24, 2.45) is 0 Å². The summed E-state index contributed by atoms with van der Waals surface area (Å²) in [6.07, 6.45) is 70.6. The Morgan fingerprint density at radius 2 is 0.667 bits per heavy atom. The summed E-state index contributed by atoms with van der Waals surface area (Å²) >= 11 is 0. The number of ether oxygens (including phenoxy) is 3. The first-order valence-electron chi connectivity index (χ1n) is 31.1. The van der Waals surface area contributed by atoms with Crippen LogP contribution in [0.5, 0.6) is 0 Å². The van der Waals surface area contributed by atoms with Crippen molar-refractivity contribution in [3.8, 4) is 0 Å². The van der Waals surface area contributed by atoms with Gasteiger partial charge in [-0.15, -0.1) is 0 Å². The van der Waals surface area contributed by atoms with Gasteiger partial charge in [-0.05, 0) is 122 Å². The van der Waals surface area contributed by atoms with Gasteiger partial charge in [-0.3, -0.25) is 23.4 Å². The zero-order valence-electron chi connectivity index (χ0n) is 49.6. The normalized spacial score (nSPS) is 14.0. The van der Waals surface area contributed by atoms with E-state index in [-0.39, 0.29) is 25.9 Å².